The Hall–Kier alpha value is -0.380. The third-order valence-electron chi connectivity index (χ3n) is 4.08. The standard InChI is InChI=1S/C21H25O2Si.2ClH.Zr/c1-5-19-20-9-7-6-8-16(20)15-21(19)17-10-11-18(14-17)22-12-13-23-24(2,3)4;;;/h5-9,11,14H,10,12-13H2,1-4H3;2*1H;/q-1;;;+3/p-2. The van der Waals surface area contributed by atoms with Crippen molar-refractivity contribution in [2.45, 2.75) is 33.0 Å². The van der Waals surface area contributed by atoms with Crippen LogP contribution < -0.4 is 24.8 Å². The maximum Gasteiger partial charge on any atom is 3.00 e. The van der Waals surface area contributed by atoms with E-state index < -0.39 is 8.32 Å². The Balaban J connectivity index is 0.00000225. The minimum absolute atomic E-state index is 0. The van der Waals surface area contributed by atoms with Gasteiger partial charge in [-0.05, 0) is 38.2 Å². The van der Waals surface area contributed by atoms with E-state index in [-0.39, 0.29) is 51.0 Å². The Kier molecular flexibility index (Phi) is 11.4. The number of hydrogen-bond acceptors (Lipinski definition) is 2. The normalized spacial score (nSPS) is 16.3. The quantitative estimate of drug-likeness (QED) is 0.292. The van der Waals surface area contributed by atoms with E-state index in [4.69, 9.17) is 9.16 Å². The van der Waals surface area contributed by atoms with Crippen LogP contribution in [0.25, 0.3) is 5.57 Å². The first-order valence-corrected chi connectivity index (χ1v) is 12.0. The summed E-state index contributed by atoms with van der Waals surface area (Å²) in [5.41, 5.74) is 6.20. The van der Waals surface area contributed by atoms with E-state index in [9.17, 15) is 0 Å². The van der Waals surface area contributed by atoms with Crippen LogP contribution in [0, 0.1) is 6.08 Å². The summed E-state index contributed by atoms with van der Waals surface area (Å²) in [6.45, 7) is 9.94. The van der Waals surface area contributed by atoms with Gasteiger partial charge >= 0.3 is 26.2 Å². The van der Waals surface area contributed by atoms with Gasteiger partial charge in [0.2, 0.25) is 0 Å². The predicted octanol–water partition coefficient (Wildman–Crippen LogP) is -0.731. The van der Waals surface area contributed by atoms with Crippen LogP contribution in [0.2, 0.25) is 19.6 Å². The fraction of sp³-hybridized carbons (Fsp3) is 0.333. The molecule has 0 saturated heterocycles. The first-order valence-electron chi connectivity index (χ1n) is 8.56. The zero-order valence-electron chi connectivity index (χ0n) is 16.2. The SMILES string of the molecule is CC=C1C(C2=CC(OCCO[Si](C)(C)C)=CC2)=[C-]c2ccccc21.[Cl-].[Cl-].[Zr+3]. The average Bonchev–Trinajstić information content (AvgIpc) is 3.14. The van der Waals surface area contributed by atoms with Crippen LogP contribution in [-0.2, 0) is 35.4 Å². The third kappa shape index (κ3) is 6.87. The Morgan fingerprint density at radius 1 is 1.11 bits per heavy atom. The van der Waals surface area contributed by atoms with Crippen molar-refractivity contribution in [1.29, 1.82) is 0 Å². The molecular weight excluding hydrogens is 474 g/mol. The second-order valence-corrected chi connectivity index (χ2v) is 11.6. The van der Waals surface area contributed by atoms with E-state index in [2.05, 4.69) is 75.1 Å². The van der Waals surface area contributed by atoms with Crippen LogP contribution in [0.1, 0.15) is 24.5 Å². The van der Waals surface area contributed by atoms with Gasteiger partial charge in [-0.25, -0.2) is 0 Å². The van der Waals surface area contributed by atoms with Gasteiger partial charge in [-0.2, -0.15) is 0 Å². The molecule has 27 heavy (non-hydrogen) atoms. The third-order valence-corrected chi connectivity index (χ3v) is 5.15. The smallest absolute Gasteiger partial charge is 1.00 e. The molecule has 0 aromatic heterocycles. The maximum absolute atomic E-state index is 5.86. The van der Waals surface area contributed by atoms with Crippen molar-refractivity contribution in [3.8, 4) is 0 Å². The molecule has 0 spiro atoms. The molecule has 2 aliphatic rings. The van der Waals surface area contributed by atoms with Crippen LogP contribution in [-0.4, -0.2) is 21.5 Å². The molecule has 2 nitrogen and oxygen atoms in total. The minimum atomic E-state index is -1.46. The summed E-state index contributed by atoms with van der Waals surface area (Å²) in [7, 11) is -1.46. The molecule has 0 N–H and O–H groups in total. The van der Waals surface area contributed by atoms with E-state index in [1.54, 1.807) is 0 Å². The van der Waals surface area contributed by atoms with E-state index >= 15 is 0 Å². The van der Waals surface area contributed by atoms with Gasteiger partial charge in [0, 0.05) is 0 Å². The minimum Gasteiger partial charge on any atom is -1.00 e. The molecule has 1 aromatic carbocycles. The number of rotatable bonds is 6. The van der Waals surface area contributed by atoms with Crippen LogP contribution in [0.3, 0.4) is 0 Å². The molecule has 0 saturated carbocycles. The summed E-state index contributed by atoms with van der Waals surface area (Å²) in [5.74, 6) is 0.949. The summed E-state index contributed by atoms with van der Waals surface area (Å²) < 4.78 is 11.7. The molecule has 0 unspecified atom stereocenters. The second-order valence-electron chi connectivity index (χ2n) is 7.04. The van der Waals surface area contributed by atoms with Crippen molar-refractivity contribution >= 4 is 13.9 Å². The number of benzene rings is 1. The van der Waals surface area contributed by atoms with Crippen molar-refractivity contribution < 1.29 is 60.2 Å². The molecule has 6 heteroatoms. The molecule has 0 aliphatic heterocycles. The topological polar surface area (TPSA) is 18.5 Å². The first-order chi connectivity index (χ1) is 11.5. The fourth-order valence-electron chi connectivity index (χ4n) is 3.00. The summed E-state index contributed by atoms with van der Waals surface area (Å²) >= 11 is 0. The summed E-state index contributed by atoms with van der Waals surface area (Å²) in [6, 6.07) is 8.44. The molecule has 0 heterocycles. The summed E-state index contributed by atoms with van der Waals surface area (Å²) in [5, 5.41) is 0. The van der Waals surface area contributed by atoms with Crippen molar-refractivity contribution in [3.63, 3.8) is 0 Å². The van der Waals surface area contributed by atoms with Crippen LogP contribution >= 0.6 is 0 Å². The van der Waals surface area contributed by atoms with Gasteiger partial charge in [-0.15, -0.1) is 40.5 Å². The zero-order chi connectivity index (χ0) is 17.2. The Bertz CT molecular complexity index is 762. The van der Waals surface area contributed by atoms with Crippen molar-refractivity contribution in [2.24, 2.45) is 0 Å². The molecule has 1 aromatic rings. The molecule has 3 rings (SSSR count). The van der Waals surface area contributed by atoms with E-state index in [0.717, 1.165) is 12.2 Å². The van der Waals surface area contributed by atoms with Crippen LogP contribution in [0.4, 0.5) is 0 Å². The largest absolute Gasteiger partial charge is 3.00 e. The van der Waals surface area contributed by atoms with Crippen molar-refractivity contribution in [2.75, 3.05) is 13.2 Å². The Morgan fingerprint density at radius 2 is 1.81 bits per heavy atom. The summed E-state index contributed by atoms with van der Waals surface area (Å²) in [4.78, 5) is 0. The molecule has 0 bridgehead atoms. The number of allylic oxidation sites excluding steroid dienone is 6. The Morgan fingerprint density at radius 3 is 2.48 bits per heavy atom. The molecule has 0 amide bonds. The molecule has 0 fully saturated rings. The number of halogens is 2. The van der Waals surface area contributed by atoms with Gasteiger partial charge in [-0.3, -0.25) is 0 Å². The molecule has 1 radical (unpaired) electrons. The molecular formula is C21H25Cl2O2SiZr. The second kappa shape index (κ2) is 11.6. The van der Waals surface area contributed by atoms with Crippen molar-refractivity contribution in [1.82, 2.24) is 0 Å². The van der Waals surface area contributed by atoms with Gasteiger partial charge in [0.1, 0.15) is 12.4 Å². The number of fused-ring (bicyclic) bond motifs is 1. The zero-order valence-corrected chi connectivity index (χ0v) is 21.2. The molecule has 2 aliphatic carbocycles. The predicted molar refractivity (Wildman–Crippen MR) is 102 cm³/mol. The van der Waals surface area contributed by atoms with E-state index in [1.807, 2.05) is 0 Å². The van der Waals surface area contributed by atoms with Gasteiger partial charge in [-0.1, -0.05) is 30.7 Å². The van der Waals surface area contributed by atoms with Crippen molar-refractivity contribution in [3.05, 3.63) is 76.6 Å². The van der Waals surface area contributed by atoms with E-state index in [0.29, 0.717) is 13.2 Å². The first kappa shape index (κ1) is 26.6. The Labute approximate surface area is 195 Å². The van der Waals surface area contributed by atoms with Gasteiger partial charge < -0.3 is 34.0 Å². The molecule has 143 valence electrons. The van der Waals surface area contributed by atoms with Crippen LogP contribution in [0.5, 0.6) is 0 Å². The van der Waals surface area contributed by atoms with Gasteiger partial charge in [0.05, 0.1) is 6.61 Å². The average molecular weight is 500 g/mol. The maximum atomic E-state index is 5.86. The van der Waals surface area contributed by atoms with E-state index in [1.165, 1.54) is 27.8 Å². The van der Waals surface area contributed by atoms with Gasteiger partial charge in [0.25, 0.3) is 0 Å². The number of hydrogen-bond donors (Lipinski definition) is 0. The van der Waals surface area contributed by atoms with Crippen LogP contribution in [0.15, 0.2) is 59.4 Å². The number of ether oxygens (including phenoxy) is 1. The fourth-order valence-corrected chi connectivity index (χ4v) is 3.69. The molecule has 0 atom stereocenters. The monoisotopic (exact) mass is 497 g/mol. The van der Waals surface area contributed by atoms with Gasteiger partial charge in [0.15, 0.2) is 8.32 Å². The summed E-state index contributed by atoms with van der Waals surface area (Å²) in [6.07, 6.45) is 10.9.